The molecule has 3 rings (SSSR count). The van der Waals surface area contributed by atoms with Crippen LogP contribution in [0.5, 0.6) is 0 Å². The lowest BCUT2D eigenvalue weighted by molar-refractivity contribution is 0.100. The smallest absolute Gasteiger partial charge is 0.319 e. The third kappa shape index (κ3) is 17.2. The lowest BCUT2D eigenvalue weighted by atomic mass is 10.1. The first-order valence-corrected chi connectivity index (χ1v) is 17.7. The van der Waals surface area contributed by atoms with Crippen LogP contribution in [0, 0.1) is 0 Å². The number of carbonyl (C=O) groups is 3. The van der Waals surface area contributed by atoms with E-state index in [-0.39, 0.29) is 61.0 Å². The molecular formula is C36H51N19O3. The van der Waals surface area contributed by atoms with Crippen molar-refractivity contribution < 1.29 is 14.4 Å². The molecule has 308 valence electrons. The van der Waals surface area contributed by atoms with E-state index >= 15 is 0 Å². The van der Waals surface area contributed by atoms with Crippen molar-refractivity contribution in [3.8, 4) is 0 Å². The molecule has 0 spiro atoms. The van der Waals surface area contributed by atoms with Gasteiger partial charge in [-0.1, -0.05) is 12.1 Å². The molecule has 58 heavy (non-hydrogen) atoms. The molecule has 0 atom stereocenters. The van der Waals surface area contributed by atoms with Crippen LogP contribution in [-0.2, 0) is 0 Å². The van der Waals surface area contributed by atoms with Crippen LogP contribution >= 0.6 is 0 Å². The molecular weight excluding hydrogens is 747 g/mol. The van der Waals surface area contributed by atoms with Gasteiger partial charge in [0.25, 0.3) is 0 Å². The van der Waals surface area contributed by atoms with Crippen molar-refractivity contribution in [2.45, 2.75) is 20.8 Å². The summed E-state index contributed by atoms with van der Waals surface area (Å²) in [6.45, 7) is 6.74. The molecule has 0 unspecified atom stereocenters. The number of nitrogens with zero attached hydrogens (tertiary/aromatic N) is 7. The first-order valence-electron chi connectivity index (χ1n) is 17.7. The number of ketones is 2. The number of amides is 2. The summed E-state index contributed by atoms with van der Waals surface area (Å²) in [5.74, 6) is -0.208. The summed E-state index contributed by atoms with van der Waals surface area (Å²) in [6, 6.07) is 20.2. The number of carbonyl (C=O) groups excluding carboxylic acids is 3. The number of benzene rings is 3. The second-order valence-electron chi connectivity index (χ2n) is 12.3. The van der Waals surface area contributed by atoms with Gasteiger partial charge >= 0.3 is 6.03 Å². The van der Waals surface area contributed by atoms with E-state index in [2.05, 4.69) is 62.5 Å². The van der Waals surface area contributed by atoms with Gasteiger partial charge in [0.15, 0.2) is 11.6 Å². The highest BCUT2D eigenvalue weighted by molar-refractivity contribution is 6.00. The zero-order chi connectivity index (χ0) is 42.5. The third-order valence-electron chi connectivity index (χ3n) is 7.65. The number of aliphatic imine (C=N–C) groups is 2. The van der Waals surface area contributed by atoms with Crippen LogP contribution in [0.25, 0.3) is 0 Å². The van der Waals surface area contributed by atoms with Gasteiger partial charge in [-0.2, -0.15) is 5.10 Å². The largest absolute Gasteiger partial charge is 0.369 e. The molecule has 0 saturated heterocycles. The molecule has 22 nitrogen and oxygen atoms in total. The maximum atomic E-state index is 12.7. The summed E-state index contributed by atoms with van der Waals surface area (Å²) >= 11 is 0. The topological polar surface area (TPSA) is 357 Å². The van der Waals surface area contributed by atoms with E-state index in [4.69, 9.17) is 34.4 Å². The minimum absolute atomic E-state index is 0.0647. The van der Waals surface area contributed by atoms with Crippen LogP contribution in [0.3, 0.4) is 0 Å². The first kappa shape index (κ1) is 44.6. The van der Waals surface area contributed by atoms with E-state index in [1.54, 1.807) is 67.6 Å². The van der Waals surface area contributed by atoms with Gasteiger partial charge in [0.2, 0.25) is 29.8 Å². The monoisotopic (exact) mass is 797 g/mol. The Kier molecular flexibility index (Phi) is 17.9. The zero-order valence-electron chi connectivity index (χ0n) is 32.5. The molecule has 0 aromatic heterocycles. The number of guanidine groups is 5. The van der Waals surface area contributed by atoms with Crippen LogP contribution < -0.4 is 66.5 Å². The highest BCUT2D eigenvalue weighted by Gasteiger charge is 2.10. The Morgan fingerprint density at radius 1 is 0.534 bits per heavy atom. The maximum Gasteiger partial charge on any atom is 0.319 e. The number of urea groups is 1. The van der Waals surface area contributed by atoms with Crippen LogP contribution in [0.4, 0.5) is 21.9 Å². The molecule has 0 aliphatic rings. The lowest BCUT2D eigenvalue weighted by Gasteiger charge is -2.21. The normalized spacial score (nSPS) is 11.5. The summed E-state index contributed by atoms with van der Waals surface area (Å²) in [4.78, 5) is 47.3. The fourth-order valence-corrected chi connectivity index (χ4v) is 4.72. The second kappa shape index (κ2) is 23.2. The molecule has 0 saturated carbocycles. The number of hydrogen-bond donors (Lipinski definition) is 12. The summed E-state index contributed by atoms with van der Waals surface area (Å²) in [5, 5.41) is 27.3. The van der Waals surface area contributed by atoms with Gasteiger partial charge in [-0.05, 0) is 87.0 Å². The van der Waals surface area contributed by atoms with E-state index in [1.165, 1.54) is 13.8 Å². The number of Topliss-reactive ketones (excluding diaryl/α,β-unsaturated/α-hetero) is 2. The third-order valence-corrected chi connectivity index (χ3v) is 7.65. The van der Waals surface area contributed by atoms with Crippen molar-refractivity contribution in [3.05, 3.63) is 89.5 Å². The van der Waals surface area contributed by atoms with Gasteiger partial charge in [0.1, 0.15) is 0 Å². The second-order valence-corrected chi connectivity index (χ2v) is 12.3. The molecule has 0 heterocycles. The van der Waals surface area contributed by atoms with Gasteiger partial charge in [-0.15, -0.1) is 15.3 Å². The minimum atomic E-state index is -0.424. The van der Waals surface area contributed by atoms with E-state index in [0.29, 0.717) is 53.5 Å². The predicted molar refractivity (Wildman–Crippen MR) is 231 cm³/mol. The molecule has 2 amide bonds. The number of anilines is 3. The van der Waals surface area contributed by atoms with Gasteiger partial charge in [-0.25, -0.2) is 15.6 Å². The van der Waals surface area contributed by atoms with E-state index < -0.39 is 6.03 Å². The zero-order valence-corrected chi connectivity index (χ0v) is 32.5. The summed E-state index contributed by atoms with van der Waals surface area (Å²) < 4.78 is 0. The Hall–Kier alpha value is -7.75. The van der Waals surface area contributed by atoms with Crippen LogP contribution in [0.1, 0.15) is 47.1 Å². The van der Waals surface area contributed by atoms with Gasteiger partial charge in [0.05, 0.1) is 18.8 Å². The summed E-state index contributed by atoms with van der Waals surface area (Å²) in [6.07, 6.45) is 0. The number of rotatable bonds is 18. The van der Waals surface area contributed by atoms with Crippen molar-refractivity contribution in [1.29, 1.82) is 0 Å². The highest BCUT2D eigenvalue weighted by Crippen LogP contribution is 2.12. The Morgan fingerprint density at radius 3 is 1.34 bits per heavy atom. The van der Waals surface area contributed by atoms with Gasteiger partial charge < -0.3 is 55.7 Å². The molecule has 0 aliphatic carbocycles. The molecule has 3 aromatic rings. The van der Waals surface area contributed by atoms with E-state index in [9.17, 15) is 14.4 Å². The SMILES string of the molecule is CC(=O)c1ccc(NC(=O)NCCN(CCN=C(NN=C(N)N)Nc2ccc(C(C)=O)cc2)CCN=C(NN=C(N)N)Nc2ccc(C(C)=NN=C(N)N)cc2)cc1. The molecule has 0 radical (unpaired) electrons. The van der Waals surface area contributed by atoms with Crippen molar-refractivity contribution >= 4 is 70.2 Å². The van der Waals surface area contributed by atoms with Crippen molar-refractivity contribution in [3.63, 3.8) is 0 Å². The number of hydrazone groups is 2. The van der Waals surface area contributed by atoms with Crippen LogP contribution in [0.2, 0.25) is 0 Å². The van der Waals surface area contributed by atoms with Gasteiger partial charge in [-0.3, -0.25) is 24.5 Å². The average Bonchev–Trinajstić information content (AvgIpc) is 3.18. The van der Waals surface area contributed by atoms with Crippen molar-refractivity contribution in [2.24, 2.45) is 64.8 Å². The molecule has 0 fully saturated rings. The Morgan fingerprint density at radius 2 is 0.948 bits per heavy atom. The average molecular weight is 798 g/mol. The number of nitrogens with two attached hydrogens (primary N) is 6. The minimum Gasteiger partial charge on any atom is -0.369 e. The molecule has 22 heteroatoms. The molecule has 0 aliphatic heterocycles. The highest BCUT2D eigenvalue weighted by atomic mass is 16.2. The summed E-state index contributed by atoms with van der Waals surface area (Å²) in [7, 11) is 0. The molecule has 18 N–H and O–H groups in total. The van der Waals surface area contributed by atoms with Crippen LogP contribution in [-0.4, -0.2) is 97.3 Å². The summed E-state index contributed by atoms with van der Waals surface area (Å²) in [5.41, 5.74) is 42.7. The quantitative estimate of drug-likeness (QED) is 0.0349. The fraction of sp³-hybridized carbons (Fsp3) is 0.250. The Labute approximate surface area is 335 Å². The molecule has 3 aromatic carbocycles. The standard InChI is InChI=1S/C36H51N19O3/c1-22(49-50-31(37)38)25-4-10-28(11-5-25)46-34(53-51-32(39)40)43-16-19-55(21-18-45-36(58)48-30-14-8-27(9-15-30)24(3)57)20-17-44-35(54-52-33(41)42)47-29-12-6-26(7-13-29)23(2)56/h4-15H,16-21H2,1-3H3,(H4,37,38,50)(H4,39,40,51)(H4,41,42,52)(H2,43,46,53)(H2,44,47,54)(H2,45,48,58). The maximum absolute atomic E-state index is 12.7. The van der Waals surface area contributed by atoms with Crippen molar-refractivity contribution in [1.82, 2.24) is 21.1 Å². The number of hydrogen-bond acceptors (Lipinski definition) is 10. The fourth-order valence-electron chi connectivity index (χ4n) is 4.72. The Balaban J connectivity index is 1.76. The van der Waals surface area contributed by atoms with Gasteiger partial charge in [0, 0.05) is 54.4 Å². The predicted octanol–water partition coefficient (Wildman–Crippen LogP) is 0.00490. The molecule has 0 bridgehead atoms. The number of nitrogens with one attached hydrogen (secondary N) is 6. The van der Waals surface area contributed by atoms with E-state index in [0.717, 1.165) is 5.56 Å². The van der Waals surface area contributed by atoms with Crippen LogP contribution in [0.15, 0.2) is 103 Å². The van der Waals surface area contributed by atoms with E-state index in [1.807, 2.05) is 17.0 Å². The Bertz CT molecular complexity index is 2010. The lowest BCUT2D eigenvalue weighted by Crippen LogP contribution is -2.40. The first-order chi connectivity index (χ1) is 27.7. The van der Waals surface area contributed by atoms with Crippen molar-refractivity contribution in [2.75, 3.05) is 55.2 Å².